The van der Waals surface area contributed by atoms with E-state index in [4.69, 9.17) is 4.84 Å². The highest BCUT2D eigenvalue weighted by molar-refractivity contribution is 5.19. The summed E-state index contributed by atoms with van der Waals surface area (Å²) in [5, 5.41) is 0. The maximum absolute atomic E-state index is 5.23. The second kappa shape index (κ2) is 4.60. The van der Waals surface area contributed by atoms with Crippen molar-refractivity contribution in [2.24, 2.45) is 0 Å². The van der Waals surface area contributed by atoms with Crippen molar-refractivity contribution in [2.75, 3.05) is 7.11 Å². The van der Waals surface area contributed by atoms with Gasteiger partial charge < -0.3 is 0 Å². The first-order chi connectivity index (χ1) is 7.40. The monoisotopic (exact) mass is 200 g/mol. The fourth-order valence-corrected chi connectivity index (χ4v) is 1.58. The highest BCUT2D eigenvalue weighted by Crippen LogP contribution is 2.04. The molecule has 2 nitrogen and oxygen atoms in total. The Bertz CT molecular complexity index is 426. The van der Waals surface area contributed by atoms with Crippen LogP contribution in [0.2, 0.25) is 0 Å². The molecule has 0 aliphatic heterocycles. The highest BCUT2D eigenvalue weighted by atomic mass is 16.6. The molecule has 2 aromatic rings. The molecule has 0 aliphatic carbocycles. The van der Waals surface area contributed by atoms with Gasteiger partial charge in [-0.05, 0) is 11.6 Å². The third-order valence-electron chi connectivity index (χ3n) is 2.33. The summed E-state index contributed by atoms with van der Waals surface area (Å²) in [6, 6.07) is 16.4. The van der Waals surface area contributed by atoms with E-state index in [0.717, 1.165) is 12.1 Å². The number of nitrogens with zero attached hydrogens (tertiary/aromatic N) is 1. The number of benzene rings is 1. The minimum absolute atomic E-state index is 0.884. The number of pyridine rings is 1. The zero-order valence-electron chi connectivity index (χ0n) is 8.76. The van der Waals surface area contributed by atoms with Crippen LogP contribution in [-0.4, -0.2) is 7.11 Å². The number of rotatable bonds is 3. The SMILES string of the molecule is CO[n+]1ccccc1Cc1ccccc1. The Labute approximate surface area is 89.7 Å². The molecule has 0 aliphatic rings. The average molecular weight is 200 g/mol. The lowest BCUT2D eigenvalue weighted by Gasteiger charge is -2.00. The second-order valence-corrected chi connectivity index (χ2v) is 3.36. The first-order valence-corrected chi connectivity index (χ1v) is 4.98. The van der Waals surface area contributed by atoms with Gasteiger partial charge in [-0.25, -0.2) is 0 Å². The first kappa shape index (κ1) is 9.71. The average Bonchev–Trinajstić information content (AvgIpc) is 2.31. The van der Waals surface area contributed by atoms with E-state index >= 15 is 0 Å². The van der Waals surface area contributed by atoms with E-state index in [2.05, 4.69) is 30.3 Å². The molecule has 76 valence electrons. The maximum Gasteiger partial charge on any atom is 0.238 e. The summed E-state index contributed by atoms with van der Waals surface area (Å²) in [5.41, 5.74) is 2.43. The van der Waals surface area contributed by atoms with Gasteiger partial charge in [0.1, 0.15) is 7.11 Å². The Balaban J connectivity index is 2.24. The Kier molecular flexibility index (Phi) is 2.98. The van der Waals surface area contributed by atoms with Crippen LogP contribution < -0.4 is 9.57 Å². The van der Waals surface area contributed by atoms with Crippen molar-refractivity contribution < 1.29 is 9.57 Å². The van der Waals surface area contributed by atoms with E-state index in [1.807, 2.05) is 24.4 Å². The van der Waals surface area contributed by atoms with Gasteiger partial charge in [-0.1, -0.05) is 30.3 Å². The smallest absolute Gasteiger partial charge is 0.238 e. The molecule has 1 aromatic carbocycles. The Morgan fingerprint density at radius 1 is 1.00 bits per heavy atom. The lowest BCUT2D eigenvalue weighted by Crippen LogP contribution is -2.44. The van der Waals surface area contributed by atoms with E-state index in [0.29, 0.717) is 0 Å². The molecule has 0 atom stereocenters. The molecule has 0 saturated carbocycles. The summed E-state index contributed by atoms with van der Waals surface area (Å²) in [6.07, 6.45) is 2.80. The van der Waals surface area contributed by atoms with Gasteiger partial charge in [0.15, 0.2) is 0 Å². The molecule has 0 fully saturated rings. The molecule has 1 heterocycles. The Hall–Kier alpha value is -1.83. The van der Waals surface area contributed by atoms with Crippen LogP contribution in [0.4, 0.5) is 0 Å². The van der Waals surface area contributed by atoms with E-state index in [1.165, 1.54) is 5.56 Å². The fraction of sp³-hybridized carbons (Fsp3) is 0.154. The van der Waals surface area contributed by atoms with E-state index in [9.17, 15) is 0 Å². The largest absolute Gasteiger partial charge is 0.274 e. The molecule has 0 saturated heterocycles. The summed E-state index contributed by atoms with van der Waals surface area (Å²) < 4.78 is 1.78. The van der Waals surface area contributed by atoms with Gasteiger partial charge in [0.2, 0.25) is 11.9 Å². The van der Waals surface area contributed by atoms with Crippen molar-refractivity contribution in [1.29, 1.82) is 0 Å². The van der Waals surface area contributed by atoms with Gasteiger partial charge in [0.25, 0.3) is 0 Å². The van der Waals surface area contributed by atoms with Crippen LogP contribution in [-0.2, 0) is 6.42 Å². The van der Waals surface area contributed by atoms with Crippen LogP contribution in [0.1, 0.15) is 11.3 Å². The molecular formula is C13H14NO+. The molecule has 0 spiro atoms. The zero-order valence-corrected chi connectivity index (χ0v) is 8.76. The molecule has 0 unspecified atom stereocenters. The summed E-state index contributed by atoms with van der Waals surface area (Å²) in [7, 11) is 1.68. The van der Waals surface area contributed by atoms with Crippen LogP contribution in [0.25, 0.3) is 0 Å². The lowest BCUT2D eigenvalue weighted by molar-refractivity contribution is -0.890. The van der Waals surface area contributed by atoms with Gasteiger partial charge in [0.05, 0.1) is 6.42 Å². The fourth-order valence-electron chi connectivity index (χ4n) is 1.58. The minimum atomic E-state index is 0.884. The van der Waals surface area contributed by atoms with Crippen LogP contribution >= 0.6 is 0 Å². The van der Waals surface area contributed by atoms with Gasteiger partial charge in [0, 0.05) is 16.9 Å². The Morgan fingerprint density at radius 2 is 1.73 bits per heavy atom. The van der Waals surface area contributed by atoms with Crippen LogP contribution in [0, 0.1) is 0 Å². The van der Waals surface area contributed by atoms with E-state index in [1.54, 1.807) is 11.8 Å². The van der Waals surface area contributed by atoms with E-state index < -0.39 is 0 Å². The van der Waals surface area contributed by atoms with Crippen LogP contribution in [0.5, 0.6) is 0 Å². The number of hydrogen-bond acceptors (Lipinski definition) is 1. The maximum atomic E-state index is 5.23. The summed E-state index contributed by atoms with van der Waals surface area (Å²) in [4.78, 5) is 5.23. The molecule has 0 bridgehead atoms. The van der Waals surface area contributed by atoms with Crippen molar-refractivity contribution in [3.63, 3.8) is 0 Å². The lowest BCUT2D eigenvalue weighted by atomic mass is 10.1. The van der Waals surface area contributed by atoms with Crippen molar-refractivity contribution in [2.45, 2.75) is 6.42 Å². The third-order valence-corrected chi connectivity index (χ3v) is 2.33. The molecule has 2 rings (SSSR count). The van der Waals surface area contributed by atoms with E-state index in [-0.39, 0.29) is 0 Å². The summed E-state index contributed by atoms with van der Waals surface area (Å²) in [6.45, 7) is 0. The topological polar surface area (TPSA) is 13.1 Å². The molecular weight excluding hydrogens is 186 g/mol. The molecule has 15 heavy (non-hydrogen) atoms. The second-order valence-electron chi connectivity index (χ2n) is 3.36. The summed E-state index contributed by atoms with van der Waals surface area (Å²) >= 11 is 0. The predicted molar refractivity (Wildman–Crippen MR) is 58.4 cm³/mol. The third kappa shape index (κ3) is 2.34. The van der Waals surface area contributed by atoms with Gasteiger partial charge in [-0.3, -0.25) is 4.84 Å². The van der Waals surface area contributed by atoms with Crippen molar-refractivity contribution >= 4 is 0 Å². The molecule has 1 aromatic heterocycles. The highest BCUT2D eigenvalue weighted by Gasteiger charge is 2.09. The zero-order chi connectivity index (χ0) is 10.5. The van der Waals surface area contributed by atoms with Crippen molar-refractivity contribution in [3.05, 3.63) is 66.0 Å². The van der Waals surface area contributed by atoms with Crippen molar-refractivity contribution in [3.8, 4) is 0 Å². The molecule has 0 amide bonds. The predicted octanol–water partition coefficient (Wildman–Crippen LogP) is 1.62. The van der Waals surface area contributed by atoms with Crippen LogP contribution in [0.15, 0.2) is 54.7 Å². The first-order valence-electron chi connectivity index (χ1n) is 4.98. The van der Waals surface area contributed by atoms with Gasteiger partial charge in [-0.2, -0.15) is 0 Å². The van der Waals surface area contributed by atoms with Crippen molar-refractivity contribution in [1.82, 2.24) is 0 Å². The normalized spacial score (nSPS) is 9.93. The number of aromatic nitrogens is 1. The summed E-state index contributed by atoms with van der Waals surface area (Å²) in [5.74, 6) is 0. The standard InChI is InChI=1S/C13H14NO/c1-15-14-10-6-5-9-13(14)11-12-7-3-2-4-8-12/h2-10H,11H2,1H3/q+1. The van der Waals surface area contributed by atoms with Gasteiger partial charge >= 0.3 is 0 Å². The number of hydrogen-bond donors (Lipinski definition) is 0. The van der Waals surface area contributed by atoms with Crippen LogP contribution in [0.3, 0.4) is 0 Å². The Morgan fingerprint density at radius 3 is 2.47 bits per heavy atom. The molecule has 0 N–H and O–H groups in total. The molecule has 0 radical (unpaired) electrons. The van der Waals surface area contributed by atoms with Gasteiger partial charge in [-0.15, -0.1) is 0 Å². The molecule has 2 heteroatoms. The minimum Gasteiger partial charge on any atom is -0.274 e. The quantitative estimate of drug-likeness (QED) is 0.686.